The zero-order valence-corrected chi connectivity index (χ0v) is 22.6. The molecule has 1 N–H and O–H groups in total. The monoisotopic (exact) mass is 545 g/mol. The van der Waals surface area contributed by atoms with Gasteiger partial charge in [0.2, 0.25) is 5.13 Å². The minimum absolute atomic E-state index is 0.154. The summed E-state index contributed by atoms with van der Waals surface area (Å²) in [5.74, 6) is 2.10. The van der Waals surface area contributed by atoms with E-state index in [1.165, 1.54) is 11.3 Å². The highest BCUT2D eigenvalue weighted by atomic mass is 32.1. The van der Waals surface area contributed by atoms with Gasteiger partial charge in [-0.3, -0.25) is 10.2 Å². The van der Waals surface area contributed by atoms with Crippen molar-refractivity contribution in [1.29, 1.82) is 0 Å². The van der Waals surface area contributed by atoms with Crippen LogP contribution < -0.4 is 19.6 Å². The number of hydrogen-bond acceptors (Lipinski definition) is 9. The zero-order chi connectivity index (χ0) is 27.1. The maximum absolute atomic E-state index is 11.5. The molecule has 0 saturated carbocycles. The molecule has 8 nitrogen and oxygen atoms in total. The Bertz CT molecular complexity index is 1310. The van der Waals surface area contributed by atoms with Crippen LogP contribution in [-0.4, -0.2) is 37.0 Å². The highest BCUT2D eigenvalue weighted by molar-refractivity contribution is 7.13. The third-order valence-corrected chi connectivity index (χ3v) is 6.13. The van der Waals surface area contributed by atoms with Gasteiger partial charge in [-0.25, -0.2) is 4.98 Å². The molecule has 1 heterocycles. The molecule has 3 aromatic carbocycles. The van der Waals surface area contributed by atoms with E-state index in [0.29, 0.717) is 37.3 Å². The van der Waals surface area contributed by atoms with E-state index in [1.54, 1.807) is 13.1 Å². The van der Waals surface area contributed by atoms with Gasteiger partial charge in [0, 0.05) is 11.8 Å². The summed E-state index contributed by atoms with van der Waals surface area (Å²) in [4.78, 5) is 15.9. The number of benzene rings is 3. The third-order valence-electron chi connectivity index (χ3n) is 5.33. The molecule has 0 saturated heterocycles. The van der Waals surface area contributed by atoms with Crippen molar-refractivity contribution in [1.82, 2.24) is 4.98 Å². The van der Waals surface area contributed by atoms with Crippen LogP contribution in [0.5, 0.6) is 17.2 Å². The van der Waals surface area contributed by atoms with Crippen LogP contribution in [0.1, 0.15) is 30.2 Å². The molecule has 0 aliphatic rings. The topological polar surface area (TPSA) is 91.3 Å². The van der Waals surface area contributed by atoms with Gasteiger partial charge in [0.05, 0.1) is 38.1 Å². The van der Waals surface area contributed by atoms with Crippen LogP contribution in [-0.2, 0) is 22.6 Å². The number of anilines is 1. The van der Waals surface area contributed by atoms with Crippen LogP contribution in [0, 0.1) is 0 Å². The molecule has 0 fully saturated rings. The number of carbonyl (C=O) groups excluding carboxylic acids is 1. The Morgan fingerprint density at radius 2 is 1.54 bits per heavy atom. The van der Waals surface area contributed by atoms with Gasteiger partial charge in [-0.2, -0.15) is 5.10 Å². The van der Waals surface area contributed by atoms with E-state index < -0.39 is 0 Å². The minimum Gasteiger partial charge on any atom is -0.493 e. The SMILES string of the molecule is CCOC(=O)Cc1csc(NN=Cc2ccc(OCCCOc3ccc(OCc4ccccc4)cc3)cc2)n1. The second-order valence-electron chi connectivity index (χ2n) is 8.36. The number of ether oxygens (including phenoxy) is 4. The molecule has 0 aliphatic carbocycles. The second kappa shape index (κ2) is 15.1. The van der Waals surface area contributed by atoms with Crippen molar-refractivity contribution in [2.75, 3.05) is 25.2 Å². The molecule has 202 valence electrons. The van der Waals surface area contributed by atoms with Crippen LogP contribution in [0.3, 0.4) is 0 Å². The molecular formula is C30H31N3O5S. The molecule has 0 amide bonds. The lowest BCUT2D eigenvalue weighted by Crippen LogP contribution is -2.07. The molecule has 0 unspecified atom stereocenters. The summed E-state index contributed by atoms with van der Waals surface area (Å²) in [7, 11) is 0. The van der Waals surface area contributed by atoms with Crippen LogP contribution in [0.2, 0.25) is 0 Å². The molecule has 4 aromatic rings. The van der Waals surface area contributed by atoms with E-state index in [2.05, 4.69) is 15.5 Å². The number of aromatic nitrogens is 1. The molecule has 9 heteroatoms. The summed E-state index contributed by atoms with van der Waals surface area (Å²) in [5.41, 5.74) is 5.59. The Kier molecular flexibility index (Phi) is 10.7. The predicted octanol–water partition coefficient (Wildman–Crippen LogP) is 6.12. The van der Waals surface area contributed by atoms with Crippen LogP contribution in [0.15, 0.2) is 89.3 Å². The fraction of sp³-hybridized carbons (Fsp3) is 0.233. The smallest absolute Gasteiger partial charge is 0.311 e. The Balaban J connectivity index is 1.10. The number of rotatable bonds is 15. The van der Waals surface area contributed by atoms with Gasteiger partial charge in [0.1, 0.15) is 23.9 Å². The molecule has 0 atom stereocenters. The van der Waals surface area contributed by atoms with Gasteiger partial charge in [-0.15, -0.1) is 11.3 Å². The summed E-state index contributed by atoms with van der Waals surface area (Å²) in [6.45, 7) is 3.78. The quantitative estimate of drug-likeness (QED) is 0.0833. The van der Waals surface area contributed by atoms with Crippen molar-refractivity contribution in [3.8, 4) is 17.2 Å². The third kappa shape index (κ3) is 9.79. The maximum Gasteiger partial charge on any atom is 0.311 e. The number of nitrogens with one attached hydrogen (secondary N) is 1. The summed E-state index contributed by atoms with van der Waals surface area (Å²) < 4.78 is 22.4. The largest absolute Gasteiger partial charge is 0.493 e. The van der Waals surface area contributed by atoms with Crippen molar-refractivity contribution in [2.24, 2.45) is 5.10 Å². The van der Waals surface area contributed by atoms with Gasteiger partial charge >= 0.3 is 5.97 Å². The maximum atomic E-state index is 11.5. The Labute approximate surface area is 232 Å². The number of esters is 1. The van der Waals surface area contributed by atoms with Crippen LogP contribution in [0.4, 0.5) is 5.13 Å². The number of thiazole rings is 1. The molecular weight excluding hydrogens is 514 g/mol. The lowest BCUT2D eigenvalue weighted by molar-refractivity contribution is -0.142. The molecule has 0 aliphatic heterocycles. The minimum atomic E-state index is -0.289. The van der Waals surface area contributed by atoms with Crippen molar-refractivity contribution in [3.63, 3.8) is 0 Å². The first-order valence-corrected chi connectivity index (χ1v) is 13.6. The summed E-state index contributed by atoms with van der Waals surface area (Å²) in [6, 6.07) is 25.4. The van der Waals surface area contributed by atoms with Crippen molar-refractivity contribution >= 4 is 28.7 Å². The Hall–Kier alpha value is -4.37. The average Bonchev–Trinajstić information content (AvgIpc) is 3.40. The zero-order valence-electron chi connectivity index (χ0n) is 21.7. The Morgan fingerprint density at radius 3 is 2.21 bits per heavy atom. The summed E-state index contributed by atoms with van der Waals surface area (Å²) in [6.07, 6.45) is 2.61. The van der Waals surface area contributed by atoms with Gasteiger partial charge < -0.3 is 18.9 Å². The molecule has 0 spiro atoms. The van der Waals surface area contributed by atoms with E-state index >= 15 is 0 Å². The first-order valence-electron chi connectivity index (χ1n) is 12.7. The normalized spacial score (nSPS) is 10.8. The summed E-state index contributed by atoms with van der Waals surface area (Å²) in [5, 5.41) is 6.63. The van der Waals surface area contributed by atoms with Gasteiger partial charge in [-0.1, -0.05) is 30.3 Å². The fourth-order valence-electron chi connectivity index (χ4n) is 3.42. The van der Waals surface area contributed by atoms with Crippen LogP contribution in [0.25, 0.3) is 0 Å². The van der Waals surface area contributed by atoms with Gasteiger partial charge in [0.15, 0.2) is 0 Å². The van der Waals surface area contributed by atoms with E-state index in [-0.39, 0.29) is 12.4 Å². The molecule has 0 radical (unpaired) electrons. The van der Waals surface area contributed by atoms with Crippen molar-refractivity contribution in [3.05, 3.63) is 101 Å². The number of hydrazone groups is 1. The highest BCUT2D eigenvalue weighted by Gasteiger charge is 2.08. The van der Waals surface area contributed by atoms with E-state index in [0.717, 1.165) is 34.8 Å². The summed E-state index contributed by atoms with van der Waals surface area (Å²) >= 11 is 1.38. The molecule has 1 aromatic heterocycles. The number of nitrogens with zero attached hydrogens (tertiary/aromatic N) is 2. The molecule has 39 heavy (non-hydrogen) atoms. The first-order chi connectivity index (χ1) is 19.2. The lowest BCUT2D eigenvalue weighted by Gasteiger charge is -2.10. The lowest BCUT2D eigenvalue weighted by atomic mass is 10.2. The highest BCUT2D eigenvalue weighted by Crippen LogP contribution is 2.19. The fourth-order valence-corrected chi connectivity index (χ4v) is 4.08. The average molecular weight is 546 g/mol. The van der Waals surface area contributed by atoms with Crippen molar-refractivity contribution < 1.29 is 23.7 Å². The van der Waals surface area contributed by atoms with E-state index in [4.69, 9.17) is 18.9 Å². The van der Waals surface area contributed by atoms with Crippen molar-refractivity contribution in [2.45, 2.75) is 26.4 Å². The van der Waals surface area contributed by atoms with Gasteiger partial charge in [0.25, 0.3) is 0 Å². The van der Waals surface area contributed by atoms with E-state index in [9.17, 15) is 4.79 Å². The van der Waals surface area contributed by atoms with Gasteiger partial charge in [-0.05, 0) is 66.6 Å². The number of carbonyl (C=O) groups is 1. The predicted molar refractivity (Wildman–Crippen MR) is 153 cm³/mol. The van der Waals surface area contributed by atoms with Crippen LogP contribution >= 0.6 is 11.3 Å². The molecule has 4 rings (SSSR count). The second-order valence-corrected chi connectivity index (χ2v) is 9.22. The first kappa shape index (κ1) is 27.7. The Morgan fingerprint density at radius 1 is 0.897 bits per heavy atom. The number of hydrogen-bond donors (Lipinski definition) is 1. The molecule has 0 bridgehead atoms. The standard InChI is InChI=1S/C30H31N3O5S/c1-2-35-29(34)19-25-22-39-30(32-25)33-31-20-23-9-11-26(12-10-23)36-17-6-18-37-27-13-15-28(16-14-27)38-21-24-7-4-3-5-8-24/h3-5,7-16,20,22H,2,6,17-19,21H2,1H3,(H,32,33). The van der Waals surface area contributed by atoms with E-state index in [1.807, 2.05) is 84.2 Å².